The van der Waals surface area contributed by atoms with E-state index >= 15 is 0 Å². The van der Waals surface area contributed by atoms with Gasteiger partial charge >= 0.3 is 0 Å². The van der Waals surface area contributed by atoms with Crippen LogP contribution in [0.25, 0.3) is 0 Å². The minimum Gasteiger partial charge on any atom is -0.355 e. The van der Waals surface area contributed by atoms with Gasteiger partial charge in [-0.25, -0.2) is 0 Å². The van der Waals surface area contributed by atoms with Crippen LogP contribution < -0.4 is 10.6 Å². The van der Waals surface area contributed by atoms with E-state index in [1.807, 2.05) is 7.05 Å². The normalized spacial score (nSPS) is 20.1. The number of hydrogen-bond donors (Lipinski definition) is 2. The van der Waals surface area contributed by atoms with Crippen molar-refractivity contribution in [3.63, 3.8) is 0 Å². The highest BCUT2D eigenvalue weighted by atomic mass is 16.2. The van der Waals surface area contributed by atoms with E-state index in [0.29, 0.717) is 12.6 Å². The molecule has 0 aromatic rings. The van der Waals surface area contributed by atoms with Crippen molar-refractivity contribution in [1.82, 2.24) is 15.5 Å². The molecule has 1 amide bonds. The zero-order valence-electron chi connectivity index (χ0n) is 12.0. The third-order valence-electron chi connectivity index (χ3n) is 3.54. The van der Waals surface area contributed by atoms with Gasteiger partial charge in [-0.2, -0.15) is 0 Å². The molecule has 0 bridgehead atoms. The van der Waals surface area contributed by atoms with E-state index < -0.39 is 0 Å². The SMILES string of the molecule is CCCCNC(=O)CN(C)CCC1CCCCN1. The lowest BCUT2D eigenvalue weighted by molar-refractivity contribution is -0.121. The van der Waals surface area contributed by atoms with Gasteiger partial charge in [0.15, 0.2) is 0 Å². The summed E-state index contributed by atoms with van der Waals surface area (Å²) in [6.45, 7) is 5.63. The van der Waals surface area contributed by atoms with E-state index in [0.717, 1.165) is 38.9 Å². The third-order valence-corrected chi connectivity index (χ3v) is 3.54. The van der Waals surface area contributed by atoms with Crippen molar-refractivity contribution in [2.45, 2.75) is 51.5 Å². The number of nitrogens with one attached hydrogen (secondary N) is 2. The van der Waals surface area contributed by atoms with Crippen LogP contribution in [0.1, 0.15) is 45.4 Å². The number of nitrogens with zero attached hydrogens (tertiary/aromatic N) is 1. The van der Waals surface area contributed by atoms with Crippen LogP contribution in [-0.4, -0.2) is 50.1 Å². The van der Waals surface area contributed by atoms with Crippen LogP contribution >= 0.6 is 0 Å². The number of rotatable bonds is 8. The van der Waals surface area contributed by atoms with Crippen molar-refractivity contribution in [3.8, 4) is 0 Å². The molecule has 2 N–H and O–H groups in total. The summed E-state index contributed by atoms with van der Waals surface area (Å²) >= 11 is 0. The Balaban J connectivity index is 2.04. The van der Waals surface area contributed by atoms with Crippen LogP contribution in [0.2, 0.25) is 0 Å². The molecule has 4 heteroatoms. The van der Waals surface area contributed by atoms with Gasteiger partial charge in [-0.05, 0) is 45.8 Å². The van der Waals surface area contributed by atoms with Crippen LogP contribution in [0.5, 0.6) is 0 Å². The van der Waals surface area contributed by atoms with Crippen molar-refractivity contribution in [1.29, 1.82) is 0 Å². The molecule has 1 unspecified atom stereocenters. The maximum Gasteiger partial charge on any atom is 0.234 e. The zero-order valence-corrected chi connectivity index (χ0v) is 12.0. The molecule has 1 heterocycles. The van der Waals surface area contributed by atoms with Crippen molar-refractivity contribution in [2.75, 3.05) is 33.2 Å². The van der Waals surface area contributed by atoms with Crippen molar-refractivity contribution in [3.05, 3.63) is 0 Å². The Hall–Kier alpha value is -0.610. The first-order valence-corrected chi connectivity index (χ1v) is 7.41. The molecule has 1 saturated heterocycles. The van der Waals surface area contributed by atoms with Gasteiger partial charge in [-0.1, -0.05) is 19.8 Å². The van der Waals surface area contributed by atoms with Crippen LogP contribution in [-0.2, 0) is 4.79 Å². The summed E-state index contributed by atoms with van der Waals surface area (Å²) in [4.78, 5) is 13.7. The summed E-state index contributed by atoms with van der Waals surface area (Å²) < 4.78 is 0. The van der Waals surface area contributed by atoms with Gasteiger partial charge in [0.25, 0.3) is 0 Å². The fourth-order valence-corrected chi connectivity index (χ4v) is 2.33. The second-order valence-corrected chi connectivity index (χ2v) is 5.38. The minimum atomic E-state index is 0.155. The molecule has 1 aliphatic heterocycles. The Morgan fingerprint density at radius 1 is 1.44 bits per heavy atom. The average Bonchev–Trinajstić information content (AvgIpc) is 2.38. The lowest BCUT2D eigenvalue weighted by atomic mass is 10.0. The molecule has 0 aliphatic carbocycles. The Morgan fingerprint density at radius 3 is 2.94 bits per heavy atom. The molecule has 1 fully saturated rings. The van der Waals surface area contributed by atoms with E-state index in [1.54, 1.807) is 0 Å². The average molecular weight is 255 g/mol. The molecule has 0 spiro atoms. The van der Waals surface area contributed by atoms with E-state index in [4.69, 9.17) is 0 Å². The monoisotopic (exact) mass is 255 g/mol. The van der Waals surface area contributed by atoms with Gasteiger partial charge in [0.05, 0.1) is 6.54 Å². The number of hydrogen-bond acceptors (Lipinski definition) is 3. The third kappa shape index (κ3) is 6.97. The quantitative estimate of drug-likeness (QED) is 0.644. The molecule has 0 aromatic heterocycles. The Labute approximate surface area is 111 Å². The summed E-state index contributed by atoms with van der Waals surface area (Å²) in [6.07, 6.45) is 7.30. The lowest BCUT2D eigenvalue weighted by Gasteiger charge is -2.25. The number of piperidine rings is 1. The van der Waals surface area contributed by atoms with Crippen molar-refractivity contribution < 1.29 is 4.79 Å². The number of likely N-dealkylation sites (N-methyl/N-ethyl adjacent to an activating group) is 1. The zero-order chi connectivity index (χ0) is 13.2. The predicted molar refractivity (Wildman–Crippen MR) is 75.7 cm³/mol. The van der Waals surface area contributed by atoms with Gasteiger partial charge in [0.2, 0.25) is 5.91 Å². The molecular formula is C14H29N3O. The maximum absolute atomic E-state index is 11.6. The summed E-state index contributed by atoms with van der Waals surface area (Å²) in [5, 5.41) is 6.50. The summed E-state index contributed by atoms with van der Waals surface area (Å²) in [7, 11) is 2.03. The molecule has 0 aromatic carbocycles. The molecular weight excluding hydrogens is 226 g/mol. The minimum absolute atomic E-state index is 0.155. The smallest absolute Gasteiger partial charge is 0.234 e. The van der Waals surface area contributed by atoms with Crippen molar-refractivity contribution >= 4 is 5.91 Å². The van der Waals surface area contributed by atoms with Crippen LogP contribution in [0.15, 0.2) is 0 Å². The topological polar surface area (TPSA) is 44.4 Å². The second-order valence-electron chi connectivity index (χ2n) is 5.38. The molecule has 1 rings (SSSR count). The lowest BCUT2D eigenvalue weighted by Crippen LogP contribution is -2.39. The van der Waals surface area contributed by atoms with E-state index in [2.05, 4.69) is 22.5 Å². The predicted octanol–water partition coefficient (Wildman–Crippen LogP) is 1.37. The summed E-state index contributed by atoms with van der Waals surface area (Å²) in [6, 6.07) is 0.657. The molecule has 0 saturated carbocycles. The fourth-order valence-electron chi connectivity index (χ4n) is 2.33. The first-order valence-electron chi connectivity index (χ1n) is 7.41. The van der Waals surface area contributed by atoms with E-state index in [-0.39, 0.29) is 5.91 Å². The summed E-state index contributed by atoms with van der Waals surface area (Å²) in [5.74, 6) is 0.155. The Morgan fingerprint density at radius 2 is 2.28 bits per heavy atom. The maximum atomic E-state index is 11.6. The van der Waals surface area contributed by atoms with Crippen LogP contribution in [0, 0.1) is 0 Å². The first kappa shape index (κ1) is 15.4. The number of carbonyl (C=O) groups is 1. The van der Waals surface area contributed by atoms with Crippen LogP contribution in [0.4, 0.5) is 0 Å². The Kier molecular flexibility index (Phi) is 8.01. The first-order chi connectivity index (χ1) is 8.72. The van der Waals surface area contributed by atoms with Gasteiger partial charge in [0.1, 0.15) is 0 Å². The highest BCUT2D eigenvalue weighted by Gasteiger charge is 2.13. The number of amides is 1. The van der Waals surface area contributed by atoms with Gasteiger partial charge in [-0.3, -0.25) is 9.69 Å². The Bertz CT molecular complexity index is 227. The van der Waals surface area contributed by atoms with Gasteiger partial charge in [-0.15, -0.1) is 0 Å². The highest BCUT2D eigenvalue weighted by molar-refractivity contribution is 5.77. The van der Waals surface area contributed by atoms with Crippen molar-refractivity contribution in [2.24, 2.45) is 0 Å². The largest absolute Gasteiger partial charge is 0.355 e. The standard InChI is InChI=1S/C14H29N3O/c1-3-4-9-16-14(18)12-17(2)11-8-13-7-5-6-10-15-13/h13,15H,3-12H2,1-2H3,(H,16,18). The highest BCUT2D eigenvalue weighted by Crippen LogP contribution is 2.10. The molecule has 106 valence electrons. The molecule has 1 aliphatic rings. The molecule has 18 heavy (non-hydrogen) atoms. The second kappa shape index (κ2) is 9.34. The van der Waals surface area contributed by atoms with Gasteiger partial charge in [0, 0.05) is 12.6 Å². The fraction of sp³-hybridized carbons (Fsp3) is 0.929. The molecule has 4 nitrogen and oxygen atoms in total. The number of unbranched alkanes of at least 4 members (excludes halogenated alkanes) is 1. The molecule has 0 radical (unpaired) electrons. The summed E-state index contributed by atoms with van der Waals surface area (Å²) in [5.41, 5.74) is 0. The van der Waals surface area contributed by atoms with Crippen LogP contribution in [0.3, 0.4) is 0 Å². The molecule has 1 atom stereocenters. The van der Waals surface area contributed by atoms with E-state index in [9.17, 15) is 4.79 Å². The number of carbonyl (C=O) groups excluding carboxylic acids is 1. The van der Waals surface area contributed by atoms with Gasteiger partial charge < -0.3 is 10.6 Å². The van der Waals surface area contributed by atoms with E-state index in [1.165, 1.54) is 19.3 Å².